The van der Waals surface area contributed by atoms with Crippen molar-refractivity contribution < 1.29 is 14.7 Å². The number of aromatic nitrogens is 1. The van der Waals surface area contributed by atoms with Crippen LogP contribution >= 0.6 is 22.9 Å². The highest BCUT2D eigenvalue weighted by Gasteiger charge is 2.13. The monoisotopic (exact) mass is 352 g/mol. The van der Waals surface area contributed by atoms with Crippen molar-refractivity contribution >= 4 is 34.8 Å². The second-order valence-electron chi connectivity index (χ2n) is 5.14. The number of halogens is 1. The fraction of sp³-hybridized carbons (Fsp3) is 0.312. The highest BCUT2D eigenvalue weighted by atomic mass is 35.5. The minimum Gasteiger partial charge on any atom is -0.481 e. The Bertz CT molecular complexity index is 685. The molecule has 0 aliphatic rings. The van der Waals surface area contributed by atoms with E-state index in [1.807, 2.05) is 17.5 Å². The van der Waals surface area contributed by atoms with Crippen LogP contribution in [0.3, 0.4) is 0 Å². The predicted octanol–water partition coefficient (Wildman–Crippen LogP) is 3.33. The molecule has 2 rings (SSSR count). The van der Waals surface area contributed by atoms with Gasteiger partial charge in [-0.25, -0.2) is 4.98 Å². The summed E-state index contributed by atoms with van der Waals surface area (Å²) in [6, 6.07) is 7.40. The lowest BCUT2D eigenvalue weighted by atomic mass is 10.2. The Kier molecular flexibility index (Phi) is 6.12. The average Bonchev–Trinajstić information content (AvgIpc) is 2.96. The Balaban J connectivity index is 1.92. The summed E-state index contributed by atoms with van der Waals surface area (Å²) < 4.78 is 0. The van der Waals surface area contributed by atoms with Crippen molar-refractivity contribution in [3.63, 3.8) is 0 Å². The van der Waals surface area contributed by atoms with Crippen LogP contribution in [0.5, 0.6) is 0 Å². The van der Waals surface area contributed by atoms with E-state index in [1.165, 1.54) is 11.3 Å². The summed E-state index contributed by atoms with van der Waals surface area (Å²) in [7, 11) is 1.68. The summed E-state index contributed by atoms with van der Waals surface area (Å²) in [5.41, 5.74) is 1.68. The summed E-state index contributed by atoms with van der Waals surface area (Å²) in [5, 5.41) is 12.0. The number of likely N-dealkylation sites (N-methyl/N-ethyl adjacent to an activating group) is 1. The van der Waals surface area contributed by atoms with Crippen molar-refractivity contribution in [3.8, 4) is 10.6 Å². The number of rotatable bonds is 7. The molecule has 7 heteroatoms. The summed E-state index contributed by atoms with van der Waals surface area (Å²) in [6.07, 6.45) is 0.730. The molecule has 122 valence electrons. The molecule has 0 saturated carbocycles. The van der Waals surface area contributed by atoms with E-state index in [0.717, 1.165) is 16.3 Å². The smallest absolute Gasteiger partial charge is 0.303 e. The number of hydrogen-bond donors (Lipinski definition) is 1. The zero-order valence-corrected chi connectivity index (χ0v) is 14.2. The van der Waals surface area contributed by atoms with Gasteiger partial charge in [-0.05, 0) is 18.6 Å². The van der Waals surface area contributed by atoms with E-state index in [2.05, 4.69) is 4.98 Å². The second kappa shape index (κ2) is 8.08. The lowest BCUT2D eigenvalue weighted by Gasteiger charge is -2.15. The third-order valence-corrected chi connectivity index (χ3v) is 4.48. The molecule has 0 aliphatic heterocycles. The van der Waals surface area contributed by atoms with E-state index in [4.69, 9.17) is 16.7 Å². The van der Waals surface area contributed by atoms with Gasteiger partial charge in [0, 0.05) is 36.0 Å². The highest BCUT2D eigenvalue weighted by Crippen LogP contribution is 2.25. The first-order valence-corrected chi connectivity index (χ1v) is 8.37. The van der Waals surface area contributed by atoms with Crippen LogP contribution in [0.4, 0.5) is 0 Å². The molecule has 0 fully saturated rings. The van der Waals surface area contributed by atoms with Gasteiger partial charge in [0.25, 0.3) is 0 Å². The minimum atomic E-state index is -0.849. The number of carbonyl (C=O) groups is 2. The van der Waals surface area contributed by atoms with Gasteiger partial charge in [0.1, 0.15) is 5.01 Å². The molecule has 0 saturated heterocycles. The third-order valence-electron chi connectivity index (χ3n) is 3.29. The minimum absolute atomic E-state index is 0.0645. The van der Waals surface area contributed by atoms with Crippen molar-refractivity contribution in [2.45, 2.75) is 19.3 Å². The second-order valence-corrected chi connectivity index (χ2v) is 6.43. The molecule has 0 atom stereocenters. The Morgan fingerprint density at radius 1 is 1.30 bits per heavy atom. The number of hydrogen-bond acceptors (Lipinski definition) is 4. The number of amides is 1. The van der Waals surface area contributed by atoms with Crippen LogP contribution in [0, 0.1) is 0 Å². The van der Waals surface area contributed by atoms with Gasteiger partial charge in [0.15, 0.2) is 0 Å². The van der Waals surface area contributed by atoms with Crippen molar-refractivity contribution in [3.05, 3.63) is 40.4 Å². The molecule has 1 amide bonds. The molecule has 0 unspecified atom stereocenters. The van der Waals surface area contributed by atoms with Crippen LogP contribution in [-0.2, 0) is 16.0 Å². The Morgan fingerprint density at radius 3 is 2.65 bits per heavy atom. The van der Waals surface area contributed by atoms with E-state index in [0.29, 0.717) is 18.0 Å². The maximum Gasteiger partial charge on any atom is 0.303 e. The van der Waals surface area contributed by atoms with E-state index >= 15 is 0 Å². The highest BCUT2D eigenvalue weighted by molar-refractivity contribution is 7.13. The number of nitrogens with zero attached hydrogens (tertiary/aromatic N) is 2. The molecule has 1 aromatic carbocycles. The topological polar surface area (TPSA) is 70.5 Å². The van der Waals surface area contributed by atoms with Crippen molar-refractivity contribution in [2.24, 2.45) is 0 Å². The maximum absolute atomic E-state index is 12.1. The van der Waals surface area contributed by atoms with Gasteiger partial charge in [-0.2, -0.15) is 0 Å². The zero-order valence-electron chi connectivity index (χ0n) is 12.7. The molecule has 1 aromatic heterocycles. The van der Waals surface area contributed by atoms with E-state index in [1.54, 1.807) is 24.1 Å². The van der Waals surface area contributed by atoms with Gasteiger partial charge in [0.05, 0.1) is 12.1 Å². The number of thiazole rings is 1. The van der Waals surface area contributed by atoms with Gasteiger partial charge in [-0.15, -0.1) is 11.3 Å². The van der Waals surface area contributed by atoms with Crippen molar-refractivity contribution in [1.29, 1.82) is 0 Å². The fourth-order valence-corrected chi connectivity index (χ4v) is 2.95. The van der Waals surface area contributed by atoms with E-state index in [-0.39, 0.29) is 18.7 Å². The first-order chi connectivity index (χ1) is 11.0. The van der Waals surface area contributed by atoms with Gasteiger partial charge in [0.2, 0.25) is 5.91 Å². The molecule has 0 spiro atoms. The Hall–Kier alpha value is -1.92. The molecule has 0 bridgehead atoms. The van der Waals surface area contributed by atoms with Crippen molar-refractivity contribution in [2.75, 3.05) is 13.6 Å². The molecular weight excluding hydrogens is 336 g/mol. The van der Waals surface area contributed by atoms with Crippen molar-refractivity contribution in [1.82, 2.24) is 9.88 Å². The molecule has 5 nitrogen and oxygen atoms in total. The fourth-order valence-electron chi connectivity index (χ4n) is 2.00. The van der Waals surface area contributed by atoms with Crippen LogP contribution in [-0.4, -0.2) is 40.5 Å². The quantitative estimate of drug-likeness (QED) is 0.829. The average molecular weight is 353 g/mol. The van der Waals surface area contributed by atoms with Gasteiger partial charge in [-0.1, -0.05) is 23.7 Å². The van der Waals surface area contributed by atoms with Crippen LogP contribution in [0.1, 0.15) is 18.5 Å². The SMILES string of the molecule is CN(CCCC(=O)O)C(=O)Cc1csc(-c2ccc(Cl)cc2)n1. The number of carbonyl (C=O) groups excluding carboxylic acids is 1. The molecule has 23 heavy (non-hydrogen) atoms. The van der Waals surface area contributed by atoms with Gasteiger partial charge in [-0.3, -0.25) is 9.59 Å². The maximum atomic E-state index is 12.1. The molecule has 2 aromatic rings. The largest absolute Gasteiger partial charge is 0.481 e. The Morgan fingerprint density at radius 2 is 2.00 bits per heavy atom. The lowest BCUT2D eigenvalue weighted by Crippen LogP contribution is -2.29. The summed E-state index contributed by atoms with van der Waals surface area (Å²) in [5.74, 6) is -0.915. The molecule has 0 aliphatic carbocycles. The first-order valence-electron chi connectivity index (χ1n) is 7.12. The standard InChI is InChI=1S/C16H17ClN2O3S/c1-19(8-2-3-15(21)22)14(20)9-13-10-23-16(18-13)11-4-6-12(17)7-5-11/h4-7,10H,2-3,8-9H2,1H3,(H,21,22). The molecule has 1 heterocycles. The zero-order chi connectivity index (χ0) is 16.8. The predicted molar refractivity (Wildman–Crippen MR) is 90.8 cm³/mol. The molecule has 1 N–H and O–H groups in total. The van der Waals surface area contributed by atoms with Gasteiger partial charge >= 0.3 is 5.97 Å². The Labute approximate surface area is 143 Å². The van der Waals surface area contributed by atoms with Crippen LogP contribution < -0.4 is 0 Å². The molecule has 0 radical (unpaired) electrons. The van der Waals surface area contributed by atoms with Gasteiger partial charge < -0.3 is 10.0 Å². The summed E-state index contributed by atoms with van der Waals surface area (Å²) >= 11 is 7.35. The number of aliphatic carboxylic acids is 1. The number of carboxylic acids is 1. The van der Waals surface area contributed by atoms with E-state index in [9.17, 15) is 9.59 Å². The number of carboxylic acid groups (broad SMARTS) is 1. The van der Waals surface area contributed by atoms with Crippen LogP contribution in [0.2, 0.25) is 5.02 Å². The van der Waals surface area contributed by atoms with Crippen LogP contribution in [0.25, 0.3) is 10.6 Å². The normalized spacial score (nSPS) is 10.5. The number of benzene rings is 1. The summed E-state index contributed by atoms with van der Waals surface area (Å²) in [6.45, 7) is 0.430. The first kappa shape index (κ1) is 17.4. The summed E-state index contributed by atoms with van der Waals surface area (Å²) in [4.78, 5) is 28.6. The van der Waals surface area contributed by atoms with E-state index < -0.39 is 5.97 Å². The van der Waals surface area contributed by atoms with Crippen LogP contribution in [0.15, 0.2) is 29.6 Å². The molecular formula is C16H17ClN2O3S. The third kappa shape index (κ3) is 5.33. The lowest BCUT2D eigenvalue weighted by molar-refractivity contribution is -0.138.